The van der Waals surface area contributed by atoms with Gasteiger partial charge in [0.25, 0.3) is 0 Å². The summed E-state index contributed by atoms with van der Waals surface area (Å²) in [6.07, 6.45) is 2.60. The van der Waals surface area contributed by atoms with Crippen LogP contribution in [0.3, 0.4) is 0 Å². The van der Waals surface area contributed by atoms with Crippen LogP contribution in [-0.2, 0) is 16.6 Å². The Morgan fingerprint density at radius 3 is 2.50 bits per heavy atom. The van der Waals surface area contributed by atoms with Crippen LogP contribution in [0.15, 0.2) is 41.8 Å². The van der Waals surface area contributed by atoms with Crippen molar-refractivity contribution in [2.24, 2.45) is 0 Å². The summed E-state index contributed by atoms with van der Waals surface area (Å²) in [6, 6.07) is 6.89. The van der Waals surface area contributed by atoms with Gasteiger partial charge in [0.2, 0.25) is 10.0 Å². The van der Waals surface area contributed by atoms with Crippen LogP contribution in [0.2, 0.25) is 0 Å². The first-order valence-corrected chi connectivity index (χ1v) is 7.48. The zero-order valence-electron chi connectivity index (χ0n) is 10.6. The molecule has 18 heavy (non-hydrogen) atoms. The molecule has 0 aromatic heterocycles. The zero-order chi connectivity index (χ0) is 13.4. The van der Waals surface area contributed by atoms with E-state index in [1.54, 1.807) is 12.1 Å². The van der Waals surface area contributed by atoms with Crippen LogP contribution in [0.25, 0.3) is 0 Å². The summed E-state index contributed by atoms with van der Waals surface area (Å²) in [5.74, 6) is 0. The average Bonchev–Trinajstić information content (AvgIpc) is 2.37. The van der Waals surface area contributed by atoms with Crippen molar-refractivity contribution in [1.82, 2.24) is 10.0 Å². The third-order valence-corrected chi connectivity index (χ3v) is 3.85. The van der Waals surface area contributed by atoms with E-state index < -0.39 is 10.0 Å². The highest BCUT2D eigenvalue weighted by Crippen LogP contribution is 2.10. The Morgan fingerprint density at radius 1 is 1.28 bits per heavy atom. The standard InChI is InChI=1S/C13H20N2O2S/c1-3-9-14-11-12-5-7-13(8-6-12)18(16,17)15-10-4-2/h4-8,14-15H,2-3,9-11H2,1H3. The van der Waals surface area contributed by atoms with Crippen molar-refractivity contribution in [1.29, 1.82) is 0 Å². The van der Waals surface area contributed by atoms with Crippen molar-refractivity contribution in [3.8, 4) is 0 Å². The third kappa shape index (κ3) is 4.60. The summed E-state index contributed by atoms with van der Waals surface area (Å²) < 4.78 is 26.0. The molecule has 0 aliphatic rings. The van der Waals surface area contributed by atoms with Gasteiger partial charge in [-0.05, 0) is 30.7 Å². The van der Waals surface area contributed by atoms with Crippen molar-refractivity contribution in [3.63, 3.8) is 0 Å². The fraction of sp³-hybridized carbons (Fsp3) is 0.385. The molecule has 0 aliphatic heterocycles. The zero-order valence-corrected chi connectivity index (χ0v) is 11.5. The Hall–Kier alpha value is -1.17. The van der Waals surface area contributed by atoms with E-state index in [4.69, 9.17) is 0 Å². The minimum atomic E-state index is -3.41. The molecule has 100 valence electrons. The van der Waals surface area contributed by atoms with Crippen molar-refractivity contribution >= 4 is 10.0 Å². The summed E-state index contributed by atoms with van der Waals surface area (Å²) in [6.45, 7) is 7.54. The first-order chi connectivity index (χ1) is 8.60. The van der Waals surface area contributed by atoms with E-state index in [9.17, 15) is 8.42 Å². The van der Waals surface area contributed by atoms with E-state index in [-0.39, 0.29) is 11.4 Å². The highest BCUT2D eigenvalue weighted by Gasteiger charge is 2.11. The number of benzene rings is 1. The van der Waals surface area contributed by atoms with Gasteiger partial charge in [0, 0.05) is 13.1 Å². The molecular weight excluding hydrogens is 248 g/mol. The fourth-order valence-electron chi connectivity index (χ4n) is 1.45. The van der Waals surface area contributed by atoms with Gasteiger partial charge in [-0.1, -0.05) is 25.1 Å². The summed E-state index contributed by atoms with van der Waals surface area (Å²) in [4.78, 5) is 0.281. The second-order valence-corrected chi connectivity index (χ2v) is 5.73. The Kier molecular flexibility index (Phi) is 6.04. The van der Waals surface area contributed by atoms with Gasteiger partial charge in [-0.15, -0.1) is 6.58 Å². The van der Waals surface area contributed by atoms with Crippen LogP contribution in [0.5, 0.6) is 0 Å². The molecule has 2 N–H and O–H groups in total. The van der Waals surface area contributed by atoms with Gasteiger partial charge < -0.3 is 5.32 Å². The first-order valence-electron chi connectivity index (χ1n) is 6.00. The van der Waals surface area contributed by atoms with Gasteiger partial charge in [0.05, 0.1) is 4.90 Å². The molecule has 0 atom stereocenters. The second kappa shape index (κ2) is 7.31. The molecule has 0 heterocycles. The van der Waals surface area contributed by atoms with E-state index >= 15 is 0 Å². The predicted octanol–water partition coefficient (Wildman–Crippen LogP) is 1.65. The lowest BCUT2D eigenvalue weighted by Crippen LogP contribution is -2.23. The summed E-state index contributed by atoms with van der Waals surface area (Å²) in [5.41, 5.74) is 1.08. The Balaban J connectivity index is 2.67. The van der Waals surface area contributed by atoms with Crippen molar-refractivity contribution < 1.29 is 8.42 Å². The molecule has 1 aromatic rings. The summed E-state index contributed by atoms with van der Waals surface area (Å²) >= 11 is 0. The number of nitrogens with one attached hydrogen (secondary N) is 2. The predicted molar refractivity (Wildman–Crippen MR) is 73.8 cm³/mol. The normalized spacial score (nSPS) is 11.4. The Bertz CT molecular complexity index is 466. The van der Waals surface area contributed by atoms with Crippen molar-refractivity contribution in [2.45, 2.75) is 24.8 Å². The van der Waals surface area contributed by atoms with Gasteiger partial charge >= 0.3 is 0 Å². The van der Waals surface area contributed by atoms with Crippen LogP contribution in [0.1, 0.15) is 18.9 Å². The highest BCUT2D eigenvalue weighted by molar-refractivity contribution is 7.89. The SMILES string of the molecule is C=CCNS(=O)(=O)c1ccc(CNCCC)cc1. The second-order valence-electron chi connectivity index (χ2n) is 3.96. The number of sulfonamides is 1. The highest BCUT2D eigenvalue weighted by atomic mass is 32.2. The maximum atomic E-state index is 11.8. The molecule has 0 radical (unpaired) electrons. The summed E-state index contributed by atoms with van der Waals surface area (Å²) in [5, 5.41) is 3.27. The Labute approximate surface area is 109 Å². The van der Waals surface area contributed by atoms with Crippen LogP contribution < -0.4 is 10.0 Å². The van der Waals surface area contributed by atoms with Gasteiger partial charge in [-0.3, -0.25) is 0 Å². The summed E-state index contributed by atoms with van der Waals surface area (Å²) in [7, 11) is -3.41. The minimum absolute atomic E-state index is 0.238. The van der Waals surface area contributed by atoms with Gasteiger partial charge in [0.1, 0.15) is 0 Å². The first kappa shape index (κ1) is 14.9. The smallest absolute Gasteiger partial charge is 0.240 e. The lowest BCUT2D eigenvalue weighted by atomic mass is 10.2. The molecule has 4 nitrogen and oxygen atoms in total. The minimum Gasteiger partial charge on any atom is -0.313 e. The molecule has 0 amide bonds. The molecule has 0 saturated carbocycles. The molecule has 0 fully saturated rings. The molecule has 0 bridgehead atoms. The van der Waals surface area contributed by atoms with E-state index in [1.807, 2.05) is 12.1 Å². The Morgan fingerprint density at radius 2 is 1.94 bits per heavy atom. The maximum absolute atomic E-state index is 11.8. The molecule has 1 rings (SSSR count). The van der Waals surface area contributed by atoms with Crippen LogP contribution in [-0.4, -0.2) is 21.5 Å². The largest absolute Gasteiger partial charge is 0.313 e. The monoisotopic (exact) mass is 268 g/mol. The van der Waals surface area contributed by atoms with E-state index in [2.05, 4.69) is 23.5 Å². The van der Waals surface area contributed by atoms with Crippen molar-refractivity contribution in [2.75, 3.05) is 13.1 Å². The van der Waals surface area contributed by atoms with E-state index in [1.165, 1.54) is 6.08 Å². The average molecular weight is 268 g/mol. The van der Waals surface area contributed by atoms with Gasteiger partial charge in [0.15, 0.2) is 0 Å². The molecule has 1 aromatic carbocycles. The topological polar surface area (TPSA) is 58.2 Å². The van der Waals surface area contributed by atoms with E-state index in [0.717, 1.165) is 25.1 Å². The van der Waals surface area contributed by atoms with Crippen LogP contribution in [0, 0.1) is 0 Å². The van der Waals surface area contributed by atoms with Crippen LogP contribution >= 0.6 is 0 Å². The molecule has 0 saturated heterocycles. The van der Waals surface area contributed by atoms with E-state index in [0.29, 0.717) is 0 Å². The van der Waals surface area contributed by atoms with Crippen LogP contribution in [0.4, 0.5) is 0 Å². The number of hydrogen-bond donors (Lipinski definition) is 2. The van der Waals surface area contributed by atoms with Gasteiger partial charge in [-0.25, -0.2) is 13.1 Å². The van der Waals surface area contributed by atoms with Gasteiger partial charge in [-0.2, -0.15) is 0 Å². The maximum Gasteiger partial charge on any atom is 0.240 e. The number of hydrogen-bond acceptors (Lipinski definition) is 3. The third-order valence-electron chi connectivity index (χ3n) is 2.41. The lowest BCUT2D eigenvalue weighted by molar-refractivity contribution is 0.585. The molecule has 0 spiro atoms. The quantitative estimate of drug-likeness (QED) is 0.557. The molecule has 5 heteroatoms. The fourth-order valence-corrected chi connectivity index (χ4v) is 2.45. The number of rotatable bonds is 8. The van der Waals surface area contributed by atoms with Crippen molar-refractivity contribution in [3.05, 3.63) is 42.5 Å². The molecular formula is C13H20N2O2S. The lowest BCUT2D eigenvalue weighted by Gasteiger charge is -2.06. The molecule has 0 unspecified atom stereocenters. The molecule has 0 aliphatic carbocycles.